The summed E-state index contributed by atoms with van der Waals surface area (Å²) in [6, 6.07) is 22.7. The van der Waals surface area contributed by atoms with E-state index in [9.17, 15) is 9.59 Å². The molecule has 1 saturated heterocycles. The van der Waals surface area contributed by atoms with Gasteiger partial charge in [0.2, 0.25) is 11.8 Å². The van der Waals surface area contributed by atoms with Crippen LogP contribution in [0.2, 0.25) is 0 Å². The summed E-state index contributed by atoms with van der Waals surface area (Å²) in [4.78, 5) is 30.8. The number of piperazine rings is 1. The number of carbonyl (C=O) groups excluding carboxylic acids is 2. The summed E-state index contributed by atoms with van der Waals surface area (Å²) >= 11 is 0. The maximum Gasteiger partial charge on any atom is 0.242 e. The quantitative estimate of drug-likeness (QED) is 0.446. The van der Waals surface area contributed by atoms with Gasteiger partial charge in [-0.2, -0.15) is 0 Å². The molecule has 0 aliphatic carbocycles. The molecular weight excluding hydrogens is 450 g/mol. The van der Waals surface area contributed by atoms with Gasteiger partial charge in [0.05, 0.1) is 12.2 Å². The van der Waals surface area contributed by atoms with Gasteiger partial charge >= 0.3 is 0 Å². The van der Waals surface area contributed by atoms with Crippen LogP contribution in [0.3, 0.4) is 0 Å². The second-order valence-corrected chi connectivity index (χ2v) is 9.11. The van der Waals surface area contributed by atoms with Crippen LogP contribution < -0.4 is 4.90 Å². The highest BCUT2D eigenvalue weighted by Crippen LogP contribution is 2.24. The minimum Gasteiger partial charge on any atom is -0.352 e. The second-order valence-electron chi connectivity index (χ2n) is 9.11. The first-order valence-electron chi connectivity index (χ1n) is 12.9. The second kappa shape index (κ2) is 12.3. The van der Waals surface area contributed by atoms with E-state index in [1.165, 1.54) is 11.1 Å². The molecule has 0 unspecified atom stereocenters. The molecule has 0 radical (unpaired) electrons. The Bertz CT molecular complexity index is 1120. The molecule has 7 heteroatoms. The van der Waals surface area contributed by atoms with Crippen molar-refractivity contribution >= 4 is 17.6 Å². The van der Waals surface area contributed by atoms with Crippen LogP contribution in [0.5, 0.6) is 0 Å². The van der Waals surface area contributed by atoms with Gasteiger partial charge in [-0.1, -0.05) is 74.9 Å². The van der Waals surface area contributed by atoms with Crippen molar-refractivity contribution in [3.63, 3.8) is 0 Å². The van der Waals surface area contributed by atoms with Gasteiger partial charge in [-0.3, -0.25) is 9.59 Å². The fraction of sp³-hybridized carbons (Fsp3) is 0.379. The molecule has 0 bridgehead atoms. The number of amides is 2. The van der Waals surface area contributed by atoms with Crippen LogP contribution >= 0.6 is 0 Å². The highest BCUT2D eigenvalue weighted by molar-refractivity contribution is 5.85. The molecule has 36 heavy (non-hydrogen) atoms. The molecule has 0 N–H and O–H groups in total. The Morgan fingerprint density at radius 1 is 0.806 bits per heavy atom. The van der Waals surface area contributed by atoms with Gasteiger partial charge in [-0.25, -0.2) is 0 Å². The number of rotatable bonds is 9. The van der Waals surface area contributed by atoms with Crippen LogP contribution in [0.4, 0.5) is 5.82 Å². The zero-order valence-electron chi connectivity index (χ0n) is 21.3. The highest BCUT2D eigenvalue weighted by atomic mass is 16.2. The van der Waals surface area contributed by atoms with Gasteiger partial charge in [-0.15, -0.1) is 10.2 Å². The van der Waals surface area contributed by atoms with E-state index in [1.807, 2.05) is 42.2 Å². The molecule has 1 aliphatic rings. The number of anilines is 1. The molecule has 0 atom stereocenters. The van der Waals surface area contributed by atoms with Crippen LogP contribution in [-0.2, 0) is 9.59 Å². The minimum absolute atomic E-state index is 0.0212. The number of aromatic nitrogens is 2. The van der Waals surface area contributed by atoms with Crippen LogP contribution in [0.25, 0.3) is 22.4 Å². The zero-order chi connectivity index (χ0) is 25.3. The predicted octanol–water partition coefficient (Wildman–Crippen LogP) is 4.50. The van der Waals surface area contributed by atoms with Crippen molar-refractivity contribution in [3.05, 3.63) is 66.7 Å². The van der Waals surface area contributed by atoms with Crippen LogP contribution in [-0.4, -0.2) is 71.1 Å². The molecule has 0 spiro atoms. The average Bonchev–Trinajstić information content (AvgIpc) is 2.95. The lowest BCUT2D eigenvalue weighted by Gasteiger charge is -2.36. The van der Waals surface area contributed by atoms with E-state index >= 15 is 0 Å². The van der Waals surface area contributed by atoms with Crippen LogP contribution in [0.1, 0.15) is 33.1 Å². The lowest BCUT2D eigenvalue weighted by atomic mass is 10.0. The van der Waals surface area contributed by atoms with Gasteiger partial charge in [0.1, 0.15) is 0 Å². The Morgan fingerprint density at radius 2 is 1.47 bits per heavy atom. The lowest BCUT2D eigenvalue weighted by Crippen LogP contribution is -2.52. The first kappa shape index (κ1) is 25.4. The summed E-state index contributed by atoms with van der Waals surface area (Å²) in [5.41, 5.74) is 4.22. The van der Waals surface area contributed by atoms with E-state index in [0.29, 0.717) is 39.1 Å². The Kier molecular flexibility index (Phi) is 8.66. The first-order chi connectivity index (χ1) is 17.6. The van der Waals surface area contributed by atoms with E-state index in [1.54, 1.807) is 4.90 Å². The Labute approximate surface area is 213 Å². The molecule has 2 heterocycles. The average molecular weight is 486 g/mol. The van der Waals surface area contributed by atoms with Gasteiger partial charge in [0.15, 0.2) is 5.82 Å². The number of hydrogen-bond acceptors (Lipinski definition) is 5. The molecule has 7 nitrogen and oxygen atoms in total. The lowest BCUT2D eigenvalue weighted by molar-refractivity contribution is -0.140. The largest absolute Gasteiger partial charge is 0.352 e. The van der Waals surface area contributed by atoms with E-state index in [-0.39, 0.29) is 18.4 Å². The molecule has 0 saturated carbocycles. The third kappa shape index (κ3) is 6.27. The molecule has 1 aliphatic heterocycles. The summed E-state index contributed by atoms with van der Waals surface area (Å²) in [6.07, 6.45) is 2.34. The predicted molar refractivity (Wildman–Crippen MR) is 143 cm³/mol. The smallest absolute Gasteiger partial charge is 0.242 e. The third-order valence-electron chi connectivity index (χ3n) is 6.66. The fourth-order valence-electron chi connectivity index (χ4n) is 4.42. The van der Waals surface area contributed by atoms with E-state index < -0.39 is 0 Å². The van der Waals surface area contributed by atoms with Crippen molar-refractivity contribution < 1.29 is 9.59 Å². The number of hydrogen-bond donors (Lipinski definition) is 0. The molecular formula is C29H35N5O2. The molecule has 3 aromatic rings. The van der Waals surface area contributed by atoms with Gasteiger partial charge in [-0.05, 0) is 29.7 Å². The van der Waals surface area contributed by atoms with Crippen molar-refractivity contribution in [2.45, 2.75) is 33.1 Å². The monoisotopic (exact) mass is 485 g/mol. The Hall–Kier alpha value is -3.74. The maximum atomic E-state index is 12.8. The van der Waals surface area contributed by atoms with Crippen LogP contribution in [0.15, 0.2) is 66.7 Å². The normalized spacial score (nSPS) is 13.5. The van der Waals surface area contributed by atoms with Gasteiger partial charge in [0, 0.05) is 44.7 Å². The Balaban J connectivity index is 1.32. The number of nitrogens with zero attached hydrogens (tertiary/aromatic N) is 5. The molecule has 2 aromatic carbocycles. The molecule has 4 rings (SSSR count). The summed E-state index contributed by atoms with van der Waals surface area (Å²) < 4.78 is 0. The number of carbonyl (C=O) groups is 2. The Morgan fingerprint density at radius 3 is 2.08 bits per heavy atom. The summed E-state index contributed by atoms with van der Waals surface area (Å²) in [7, 11) is 0. The maximum absolute atomic E-state index is 12.8. The van der Waals surface area contributed by atoms with E-state index in [2.05, 4.69) is 58.4 Å². The van der Waals surface area contributed by atoms with Gasteiger partial charge < -0.3 is 14.7 Å². The minimum atomic E-state index is 0.0212. The van der Waals surface area contributed by atoms with Crippen molar-refractivity contribution in [1.82, 2.24) is 20.0 Å². The topological polar surface area (TPSA) is 69.6 Å². The first-order valence-corrected chi connectivity index (χ1v) is 12.9. The third-order valence-corrected chi connectivity index (χ3v) is 6.66. The number of benzene rings is 2. The SMILES string of the molecule is CCCCN(CC(=O)N1CCN(c2ccc(-c3ccc(-c4ccccc4)cc3)nn2)CC1)C(=O)CC. The molecule has 188 valence electrons. The molecule has 2 amide bonds. The standard InChI is InChI=1S/C29H35N5O2/c1-3-5-17-34(28(35)4-2)22-29(36)33-20-18-32(19-21-33)27-16-15-26(30-31-27)25-13-11-24(12-14-25)23-9-7-6-8-10-23/h6-16H,3-5,17-22H2,1-2H3. The summed E-state index contributed by atoms with van der Waals surface area (Å²) in [5.74, 6) is 0.880. The van der Waals surface area contributed by atoms with E-state index in [4.69, 9.17) is 0 Å². The summed E-state index contributed by atoms with van der Waals surface area (Å²) in [5, 5.41) is 8.93. The summed E-state index contributed by atoms with van der Waals surface area (Å²) in [6.45, 7) is 7.38. The van der Waals surface area contributed by atoms with Crippen molar-refractivity contribution in [3.8, 4) is 22.4 Å². The van der Waals surface area contributed by atoms with Gasteiger partial charge in [0.25, 0.3) is 0 Å². The van der Waals surface area contributed by atoms with Crippen molar-refractivity contribution in [2.24, 2.45) is 0 Å². The van der Waals surface area contributed by atoms with Crippen molar-refractivity contribution in [2.75, 3.05) is 44.2 Å². The molecule has 1 aromatic heterocycles. The van der Waals surface area contributed by atoms with Crippen LogP contribution in [0, 0.1) is 0 Å². The molecule has 1 fully saturated rings. The zero-order valence-corrected chi connectivity index (χ0v) is 21.3. The van der Waals surface area contributed by atoms with Crippen molar-refractivity contribution in [1.29, 1.82) is 0 Å². The number of unbranched alkanes of at least 4 members (excludes halogenated alkanes) is 1. The fourth-order valence-corrected chi connectivity index (χ4v) is 4.42. The highest BCUT2D eigenvalue weighted by Gasteiger charge is 2.24. The van der Waals surface area contributed by atoms with E-state index in [0.717, 1.165) is 29.9 Å².